The molecule has 21 heavy (non-hydrogen) atoms. The molecule has 0 aliphatic rings. The number of halogens is 4. The predicted octanol–water partition coefficient (Wildman–Crippen LogP) is 5.16. The van der Waals surface area contributed by atoms with Crippen molar-refractivity contribution in [2.75, 3.05) is 6.54 Å². The third kappa shape index (κ3) is 3.94. The lowest BCUT2D eigenvalue weighted by Crippen LogP contribution is -2.23. The van der Waals surface area contributed by atoms with Crippen molar-refractivity contribution < 1.29 is 8.78 Å². The second-order valence-electron chi connectivity index (χ2n) is 4.70. The quantitative estimate of drug-likeness (QED) is 0.798. The van der Waals surface area contributed by atoms with Gasteiger partial charge in [0, 0.05) is 6.04 Å². The molecule has 0 amide bonds. The second-order valence-corrected chi connectivity index (χ2v) is 5.52. The van der Waals surface area contributed by atoms with Gasteiger partial charge in [-0.3, -0.25) is 0 Å². The maximum Gasteiger partial charge on any atom is 0.162 e. The molecule has 0 aliphatic carbocycles. The van der Waals surface area contributed by atoms with Crippen LogP contribution in [-0.2, 0) is 6.42 Å². The molecule has 1 nitrogen and oxygen atoms in total. The normalized spacial score (nSPS) is 12.4. The monoisotopic (exact) mass is 329 g/mol. The summed E-state index contributed by atoms with van der Waals surface area (Å²) >= 11 is 11.9. The van der Waals surface area contributed by atoms with E-state index < -0.39 is 11.6 Å². The van der Waals surface area contributed by atoms with Crippen molar-refractivity contribution in [3.8, 4) is 0 Å². The lowest BCUT2D eigenvalue weighted by molar-refractivity contribution is 0.481. The molecule has 0 spiro atoms. The minimum absolute atomic E-state index is 0.166. The molecule has 0 aliphatic heterocycles. The number of benzene rings is 2. The Morgan fingerprint density at radius 3 is 2.52 bits per heavy atom. The van der Waals surface area contributed by atoms with E-state index in [0.717, 1.165) is 11.6 Å². The molecule has 1 atom stereocenters. The van der Waals surface area contributed by atoms with Crippen molar-refractivity contribution >= 4 is 23.2 Å². The number of nitrogens with one attached hydrogen (secondary N) is 1. The maximum atomic E-state index is 13.8. The fraction of sp³-hybridized carbons (Fsp3) is 0.250. The second kappa shape index (κ2) is 7.21. The van der Waals surface area contributed by atoms with Crippen molar-refractivity contribution in [2.24, 2.45) is 0 Å². The molecule has 112 valence electrons. The zero-order chi connectivity index (χ0) is 15.4. The number of hydrogen-bond donors (Lipinski definition) is 1. The topological polar surface area (TPSA) is 12.0 Å². The molecule has 0 heterocycles. The number of hydrogen-bond acceptors (Lipinski definition) is 1. The lowest BCUT2D eigenvalue weighted by atomic mass is 9.98. The SMILES string of the molecule is CCNC(Cc1cccc(F)c1F)c1ccc(Cl)c(Cl)c1. The van der Waals surface area contributed by atoms with Gasteiger partial charge < -0.3 is 5.32 Å². The van der Waals surface area contributed by atoms with Gasteiger partial charge in [-0.15, -0.1) is 0 Å². The number of rotatable bonds is 5. The van der Waals surface area contributed by atoms with Gasteiger partial charge in [0.05, 0.1) is 10.0 Å². The van der Waals surface area contributed by atoms with E-state index in [2.05, 4.69) is 5.32 Å². The molecular formula is C16H15Cl2F2N. The van der Waals surface area contributed by atoms with Crippen LogP contribution < -0.4 is 5.32 Å². The molecule has 5 heteroatoms. The van der Waals surface area contributed by atoms with Crippen LogP contribution in [0.25, 0.3) is 0 Å². The molecule has 2 rings (SSSR count). The van der Waals surface area contributed by atoms with E-state index in [0.29, 0.717) is 28.6 Å². The van der Waals surface area contributed by atoms with E-state index in [1.54, 1.807) is 18.2 Å². The van der Waals surface area contributed by atoms with Gasteiger partial charge in [0.15, 0.2) is 11.6 Å². The van der Waals surface area contributed by atoms with Crippen molar-refractivity contribution in [3.05, 3.63) is 69.2 Å². The largest absolute Gasteiger partial charge is 0.310 e. The first-order valence-corrected chi connectivity index (χ1v) is 7.39. The van der Waals surface area contributed by atoms with Crippen LogP contribution in [0.15, 0.2) is 36.4 Å². The minimum Gasteiger partial charge on any atom is -0.310 e. The van der Waals surface area contributed by atoms with Crippen LogP contribution in [0.5, 0.6) is 0 Å². The summed E-state index contributed by atoms with van der Waals surface area (Å²) in [5.74, 6) is -1.64. The zero-order valence-corrected chi connectivity index (χ0v) is 13.0. The summed E-state index contributed by atoms with van der Waals surface area (Å²) in [7, 11) is 0. The highest BCUT2D eigenvalue weighted by Gasteiger charge is 2.16. The Hall–Kier alpha value is -1.16. The predicted molar refractivity (Wildman–Crippen MR) is 82.9 cm³/mol. The highest BCUT2D eigenvalue weighted by molar-refractivity contribution is 6.42. The molecular weight excluding hydrogens is 315 g/mol. The first kappa shape index (κ1) is 16.2. The Kier molecular flexibility index (Phi) is 5.57. The lowest BCUT2D eigenvalue weighted by Gasteiger charge is -2.19. The van der Waals surface area contributed by atoms with Gasteiger partial charge >= 0.3 is 0 Å². The summed E-state index contributed by atoms with van der Waals surface area (Å²) in [6.45, 7) is 2.65. The third-order valence-corrected chi connectivity index (χ3v) is 3.99. The zero-order valence-electron chi connectivity index (χ0n) is 11.5. The molecule has 1 unspecified atom stereocenters. The van der Waals surface area contributed by atoms with Crippen LogP contribution in [0.4, 0.5) is 8.78 Å². The molecule has 0 bridgehead atoms. The summed E-state index contributed by atoms with van der Waals surface area (Å²) in [6, 6.07) is 9.31. The van der Waals surface area contributed by atoms with Gasteiger partial charge in [0.2, 0.25) is 0 Å². The Labute approximate surface area is 132 Å². The Morgan fingerprint density at radius 2 is 1.86 bits per heavy atom. The Bertz CT molecular complexity index is 632. The maximum absolute atomic E-state index is 13.8. The minimum atomic E-state index is -0.836. The molecule has 0 radical (unpaired) electrons. The van der Waals surface area contributed by atoms with Gasteiger partial charge in [-0.05, 0) is 42.3 Å². The van der Waals surface area contributed by atoms with E-state index in [1.165, 1.54) is 6.07 Å². The Morgan fingerprint density at radius 1 is 1.10 bits per heavy atom. The third-order valence-electron chi connectivity index (χ3n) is 3.25. The molecule has 2 aromatic rings. The number of likely N-dealkylation sites (N-methyl/N-ethyl adjacent to an activating group) is 1. The van der Waals surface area contributed by atoms with E-state index in [-0.39, 0.29) is 6.04 Å². The molecule has 0 fully saturated rings. The van der Waals surface area contributed by atoms with Crippen LogP contribution >= 0.6 is 23.2 Å². The average molecular weight is 330 g/mol. The van der Waals surface area contributed by atoms with Crippen molar-refractivity contribution in [1.29, 1.82) is 0 Å². The first-order chi connectivity index (χ1) is 10.0. The van der Waals surface area contributed by atoms with E-state index >= 15 is 0 Å². The summed E-state index contributed by atoms with van der Waals surface area (Å²) in [5.41, 5.74) is 1.21. The molecule has 0 saturated heterocycles. The van der Waals surface area contributed by atoms with Gasteiger partial charge in [-0.25, -0.2) is 8.78 Å². The van der Waals surface area contributed by atoms with Crippen molar-refractivity contribution in [3.63, 3.8) is 0 Å². The highest BCUT2D eigenvalue weighted by Crippen LogP contribution is 2.28. The van der Waals surface area contributed by atoms with Crippen LogP contribution in [0.3, 0.4) is 0 Å². The summed E-state index contributed by atoms with van der Waals surface area (Å²) in [5, 5.41) is 4.16. The standard InChI is InChI=1S/C16H15Cl2F2N/c1-2-21-15(10-6-7-12(17)13(18)8-10)9-11-4-3-5-14(19)16(11)20/h3-8,15,21H,2,9H2,1H3. The van der Waals surface area contributed by atoms with Gasteiger partial charge in [0.1, 0.15) is 0 Å². The fourth-order valence-electron chi connectivity index (χ4n) is 2.21. The van der Waals surface area contributed by atoms with E-state index in [9.17, 15) is 8.78 Å². The summed E-state index contributed by atoms with van der Waals surface area (Å²) in [4.78, 5) is 0. The molecule has 2 aromatic carbocycles. The Balaban J connectivity index is 2.30. The fourth-order valence-corrected chi connectivity index (χ4v) is 2.52. The van der Waals surface area contributed by atoms with Gasteiger partial charge in [-0.1, -0.05) is 48.3 Å². The van der Waals surface area contributed by atoms with Crippen molar-refractivity contribution in [1.82, 2.24) is 5.32 Å². The first-order valence-electron chi connectivity index (χ1n) is 6.64. The van der Waals surface area contributed by atoms with Crippen LogP contribution in [0.2, 0.25) is 10.0 Å². The molecule has 1 N–H and O–H groups in total. The van der Waals surface area contributed by atoms with E-state index in [1.807, 2.05) is 13.0 Å². The van der Waals surface area contributed by atoms with Crippen LogP contribution in [0, 0.1) is 11.6 Å². The van der Waals surface area contributed by atoms with Crippen LogP contribution in [0.1, 0.15) is 24.1 Å². The molecule has 0 saturated carbocycles. The van der Waals surface area contributed by atoms with Crippen LogP contribution in [-0.4, -0.2) is 6.54 Å². The summed E-state index contributed by atoms with van der Waals surface area (Å²) in [6.07, 6.45) is 0.329. The van der Waals surface area contributed by atoms with Crippen molar-refractivity contribution in [2.45, 2.75) is 19.4 Å². The van der Waals surface area contributed by atoms with E-state index in [4.69, 9.17) is 23.2 Å². The molecule has 0 aromatic heterocycles. The smallest absolute Gasteiger partial charge is 0.162 e. The average Bonchev–Trinajstić information content (AvgIpc) is 2.46. The summed E-state index contributed by atoms with van der Waals surface area (Å²) < 4.78 is 27.1. The highest BCUT2D eigenvalue weighted by atomic mass is 35.5. The van der Waals surface area contributed by atoms with Gasteiger partial charge in [0.25, 0.3) is 0 Å². The van der Waals surface area contributed by atoms with Gasteiger partial charge in [-0.2, -0.15) is 0 Å².